The molecule has 0 saturated carbocycles. The molecule has 0 aliphatic heterocycles. The van der Waals surface area contributed by atoms with Gasteiger partial charge in [0.1, 0.15) is 12.1 Å². The molecule has 0 bridgehead atoms. The van der Waals surface area contributed by atoms with E-state index in [0.717, 1.165) is 61.0 Å². The quantitative estimate of drug-likeness (QED) is 0.482. The summed E-state index contributed by atoms with van der Waals surface area (Å²) in [6.07, 6.45) is 10.9. The minimum absolute atomic E-state index is 0.687. The zero-order valence-corrected chi connectivity index (χ0v) is 12.6. The van der Waals surface area contributed by atoms with Crippen LogP contribution in [0.2, 0.25) is 0 Å². The molecule has 4 heteroatoms. The first kappa shape index (κ1) is 14.6. The van der Waals surface area contributed by atoms with E-state index >= 15 is 0 Å². The molecule has 2 N–H and O–H groups in total. The lowest BCUT2D eigenvalue weighted by Crippen LogP contribution is -1.89. The van der Waals surface area contributed by atoms with E-state index in [4.69, 9.17) is 0 Å². The molecule has 2 aromatic heterocycles. The third kappa shape index (κ3) is 3.45. The molecule has 3 aromatic rings. The minimum atomic E-state index is 0.687. The Morgan fingerprint density at radius 1 is 1.09 bits per heavy atom. The summed E-state index contributed by atoms with van der Waals surface area (Å²) in [5.74, 6) is 1.04. The lowest BCUT2D eigenvalue weighted by atomic mass is 10.1. The first-order valence-corrected chi connectivity index (χ1v) is 7.92. The van der Waals surface area contributed by atoms with Gasteiger partial charge < -0.3 is 14.8 Å². The van der Waals surface area contributed by atoms with Crippen molar-refractivity contribution < 1.29 is 4.79 Å². The number of H-pyrrole nitrogens is 2. The van der Waals surface area contributed by atoms with E-state index in [1.165, 1.54) is 5.39 Å². The maximum atomic E-state index is 10.2. The molecule has 0 fully saturated rings. The number of nitrogens with zero attached hydrogens (tertiary/aromatic N) is 1. The highest BCUT2D eigenvalue weighted by Crippen LogP contribution is 2.22. The maximum absolute atomic E-state index is 10.2. The number of carbonyl (C=O) groups is 1. The molecule has 3 rings (SSSR count). The Kier molecular flexibility index (Phi) is 4.68. The van der Waals surface area contributed by atoms with Crippen LogP contribution in [0.3, 0.4) is 0 Å². The third-order valence-electron chi connectivity index (χ3n) is 3.98. The normalized spacial score (nSPS) is 11.1. The van der Waals surface area contributed by atoms with Crippen LogP contribution in [-0.2, 0) is 11.2 Å². The molecule has 1 aromatic carbocycles. The van der Waals surface area contributed by atoms with E-state index in [2.05, 4.69) is 39.2 Å². The molecule has 0 radical (unpaired) electrons. The molecule has 114 valence electrons. The van der Waals surface area contributed by atoms with E-state index < -0.39 is 0 Å². The number of nitrogens with one attached hydrogen (secondary N) is 2. The summed E-state index contributed by atoms with van der Waals surface area (Å²) in [5, 5.41) is 1.22. The monoisotopic (exact) mass is 295 g/mol. The van der Waals surface area contributed by atoms with Crippen molar-refractivity contribution >= 4 is 17.2 Å². The number of aryl methyl sites for hydroxylation is 1. The van der Waals surface area contributed by atoms with Gasteiger partial charge in [0.2, 0.25) is 0 Å². The SMILES string of the molecule is O=CCCCCCCc1ncc(-c2ccc3cc[nH]c3c2)[nH]1. The molecule has 0 atom stereocenters. The van der Waals surface area contributed by atoms with E-state index in [1.807, 2.05) is 12.4 Å². The molecule has 0 aliphatic rings. The number of aromatic nitrogens is 3. The summed E-state index contributed by atoms with van der Waals surface area (Å²) in [6.45, 7) is 0. The molecule has 4 nitrogen and oxygen atoms in total. The van der Waals surface area contributed by atoms with Crippen LogP contribution in [0, 0.1) is 0 Å². The van der Waals surface area contributed by atoms with Crippen molar-refractivity contribution in [1.82, 2.24) is 15.0 Å². The van der Waals surface area contributed by atoms with Gasteiger partial charge in [0, 0.05) is 30.1 Å². The number of benzene rings is 1. The average molecular weight is 295 g/mol. The van der Waals surface area contributed by atoms with Gasteiger partial charge in [-0.25, -0.2) is 4.98 Å². The van der Waals surface area contributed by atoms with Crippen LogP contribution in [0.25, 0.3) is 22.2 Å². The van der Waals surface area contributed by atoms with Gasteiger partial charge in [-0.1, -0.05) is 25.0 Å². The summed E-state index contributed by atoms with van der Waals surface area (Å²) < 4.78 is 0. The topological polar surface area (TPSA) is 61.5 Å². The smallest absolute Gasteiger partial charge is 0.119 e. The van der Waals surface area contributed by atoms with E-state index in [0.29, 0.717) is 6.42 Å². The standard InChI is InChI=1S/C18H21N3O/c22-11-5-3-1-2-4-6-18-20-13-17(21-18)15-8-7-14-9-10-19-16(14)12-15/h7-13,19H,1-6H2,(H,20,21). The number of imidazole rings is 1. The number of aldehydes is 1. The lowest BCUT2D eigenvalue weighted by Gasteiger charge is -1.99. The number of carbonyl (C=O) groups excluding carboxylic acids is 1. The summed E-state index contributed by atoms with van der Waals surface area (Å²) in [7, 11) is 0. The largest absolute Gasteiger partial charge is 0.361 e. The molecule has 0 saturated heterocycles. The van der Waals surface area contributed by atoms with Crippen LogP contribution in [0.4, 0.5) is 0 Å². The molecular weight excluding hydrogens is 274 g/mol. The van der Waals surface area contributed by atoms with Crippen LogP contribution < -0.4 is 0 Å². The van der Waals surface area contributed by atoms with Crippen LogP contribution in [0.5, 0.6) is 0 Å². The van der Waals surface area contributed by atoms with Crippen molar-refractivity contribution in [2.45, 2.75) is 38.5 Å². The number of hydrogen-bond donors (Lipinski definition) is 2. The third-order valence-corrected chi connectivity index (χ3v) is 3.98. The second-order valence-electron chi connectivity index (χ2n) is 5.64. The maximum Gasteiger partial charge on any atom is 0.119 e. The fraction of sp³-hybridized carbons (Fsp3) is 0.333. The van der Waals surface area contributed by atoms with Gasteiger partial charge in [-0.3, -0.25) is 0 Å². The van der Waals surface area contributed by atoms with Crippen molar-refractivity contribution in [2.75, 3.05) is 0 Å². The molecule has 0 amide bonds. The Morgan fingerprint density at radius 3 is 2.91 bits per heavy atom. The zero-order chi connectivity index (χ0) is 15.2. The van der Waals surface area contributed by atoms with Gasteiger partial charge in [0.25, 0.3) is 0 Å². The van der Waals surface area contributed by atoms with Crippen molar-refractivity contribution in [3.63, 3.8) is 0 Å². The number of hydrogen-bond acceptors (Lipinski definition) is 2. The molecule has 22 heavy (non-hydrogen) atoms. The van der Waals surface area contributed by atoms with Crippen molar-refractivity contribution in [3.8, 4) is 11.3 Å². The Bertz CT molecular complexity index is 741. The van der Waals surface area contributed by atoms with Crippen LogP contribution in [-0.4, -0.2) is 21.2 Å². The summed E-state index contributed by atoms with van der Waals surface area (Å²) >= 11 is 0. The van der Waals surface area contributed by atoms with Gasteiger partial charge in [0.05, 0.1) is 11.9 Å². The molecule has 0 unspecified atom stereocenters. The molecular formula is C18H21N3O. The second-order valence-corrected chi connectivity index (χ2v) is 5.64. The van der Waals surface area contributed by atoms with Gasteiger partial charge in [-0.05, 0) is 30.4 Å². The zero-order valence-electron chi connectivity index (χ0n) is 12.6. The summed E-state index contributed by atoms with van der Waals surface area (Å²) in [5.41, 5.74) is 3.36. The fourth-order valence-corrected chi connectivity index (χ4v) is 2.73. The van der Waals surface area contributed by atoms with E-state index in [-0.39, 0.29) is 0 Å². The number of aromatic amines is 2. The number of unbranched alkanes of at least 4 members (excludes halogenated alkanes) is 4. The van der Waals surface area contributed by atoms with Crippen LogP contribution >= 0.6 is 0 Å². The molecule has 0 spiro atoms. The van der Waals surface area contributed by atoms with Crippen LogP contribution in [0.1, 0.15) is 37.9 Å². The Balaban J connectivity index is 1.57. The van der Waals surface area contributed by atoms with Crippen molar-refractivity contribution in [3.05, 3.63) is 42.5 Å². The highest BCUT2D eigenvalue weighted by atomic mass is 16.1. The molecule has 0 aliphatic carbocycles. The second kappa shape index (κ2) is 7.07. The van der Waals surface area contributed by atoms with Crippen LogP contribution in [0.15, 0.2) is 36.7 Å². The first-order valence-electron chi connectivity index (χ1n) is 7.92. The van der Waals surface area contributed by atoms with Gasteiger partial charge in [0.15, 0.2) is 0 Å². The summed E-state index contributed by atoms with van der Waals surface area (Å²) in [6, 6.07) is 8.45. The van der Waals surface area contributed by atoms with Gasteiger partial charge in [-0.2, -0.15) is 0 Å². The Hall–Kier alpha value is -2.36. The van der Waals surface area contributed by atoms with Crippen molar-refractivity contribution in [1.29, 1.82) is 0 Å². The van der Waals surface area contributed by atoms with Gasteiger partial charge in [-0.15, -0.1) is 0 Å². The van der Waals surface area contributed by atoms with E-state index in [9.17, 15) is 4.79 Å². The van der Waals surface area contributed by atoms with Crippen molar-refractivity contribution in [2.24, 2.45) is 0 Å². The average Bonchev–Trinajstić information content (AvgIpc) is 3.18. The molecule has 2 heterocycles. The first-order chi connectivity index (χ1) is 10.9. The minimum Gasteiger partial charge on any atom is -0.361 e. The van der Waals surface area contributed by atoms with E-state index in [1.54, 1.807) is 0 Å². The predicted molar refractivity (Wildman–Crippen MR) is 88.7 cm³/mol. The Morgan fingerprint density at radius 2 is 2.00 bits per heavy atom. The predicted octanol–water partition coefficient (Wildman–Crippen LogP) is 4.25. The fourth-order valence-electron chi connectivity index (χ4n) is 2.73. The lowest BCUT2D eigenvalue weighted by molar-refractivity contribution is -0.107. The number of rotatable bonds is 8. The Labute approximate surface area is 130 Å². The summed E-state index contributed by atoms with van der Waals surface area (Å²) in [4.78, 5) is 21.4. The highest BCUT2D eigenvalue weighted by molar-refractivity contribution is 5.84. The number of fused-ring (bicyclic) bond motifs is 1. The highest BCUT2D eigenvalue weighted by Gasteiger charge is 2.05. The van der Waals surface area contributed by atoms with Gasteiger partial charge >= 0.3 is 0 Å².